The van der Waals surface area contributed by atoms with Crippen molar-refractivity contribution in [3.05, 3.63) is 151 Å². The molecule has 0 aliphatic carbocycles. The van der Waals surface area contributed by atoms with Crippen molar-refractivity contribution in [1.29, 1.82) is 0 Å². The van der Waals surface area contributed by atoms with Crippen molar-refractivity contribution >= 4 is 43.9 Å². The zero-order valence-electron chi connectivity index (χ0n) is 30.5. The Labute approximate surface area is 304 Å². The highest BCUT2D eigenvalue weighted by molar-refractivity contribution is 6.11. The fourth-order valence-electron chi connectivity index (χ4n) is 7.76. The number of benzene rings is 6. The van der Waals surface area contributed by atoms with E-state index in [1.54, 1.807) is 0 Å². The fourth-order valence-corrected chi connectivity index (χ4v) is 7.76. The van der Waals surface area contributed by atoms with E-state index in [2.05, 4.69) is 169 Å². The first-order chi connectivity index (χ1) is 25.0. The Morgan fingerprint density at radius 3 is 1.13 bits per heavy atom. The number of para-hydroxylation sites is 4. The Morgan fingerprint density at radius 1 is 0.365 bits per heavy atom. The summed E-state index contributed by atoms with van der Waals surface area (Å²) in [6.45, 7) is 13.4. The third-order valence-corrected chi connectivity index (χ3v) is 10.4. The van der Waals surface area contributed by atoms with Gasteiger partial charge in [-0.15, -0.1) is 0 Å². The van der Waals surface area contributed by atoms with Gasteiger partial charge in [0.05, 0.1) is 0 Å². The summed E-state index contributed by atoms with van der Waals surface area (Å²) in [6.07, 6.45) is 3.90. The molecular formula is C49H41NO2. The van der Waals surface area contributed by atoms with E-state index in [-0.39, 0.29) is 10.8 Å². The van der Waals surface area contributed by atoms with Gasteiger partial charge in [0.2, 0.25) is 0 Å². The van der Waals surface area contributed by atoms with Crippen LogP contribution in [0.1, 0.15) is 52.7 Å². The van der Waals surface area contributed by atoms with Crippen LogP contribution in [0.4, 0.5) is 0 Å². The fraction of sp³-hybridized carbons (Fsp3) is 0.163. The quantitative estimate of drug-likeness (QED) is 0.186. The summed E-state index contributed by atoms with van der Waals surface area (Å²) in [6, 6.07) is 45.5. The molecule has 0 spiro atoms. The first-order valence-electron chi connectivity index (χ1n) is 18.1. The van der Waals surface area contributed by atoms with Crippen molar-refractivity contribution in [1.82, 2.24) is 4.98 Å². The minimum Gasteiger partial charge on any atom is -0.455 e. The summed E-state index contributed by atoms with van der Waals surface area (Å²) < 4.78 is 13.4. The van der Waals surface area contributed by atoms with E-state index in [1.807, 2.05) is 12.4 Å². The molecule has 9 aromatic rings. The molecule has 3 aromatic heterocycles. The summed E-state index contributed by atoms with van der Waals surface area (Å²) in [7, 11) is 0. The van der Waals surface area contributed by atoms with Gasteiger partial charge in [0, 0.05) is 67.3 Å². The van der Waals surface area contributed by atoms with Crippen molar-refractivity contribution in [2.75, 3.05) is 0 Å². The second-order valence-electron chi connectivity index (χ2n) is 16.1. The highest BCUT2D eigenvalue weighted by Crippen LogP contribution is 2.42. The summed E-state index contributed by atoms with van der Waals surface area (Å²) in [5.74, 6) is 0. The Bertz CT molecular complexity index is 2630. The SMILES string of the molecule is CC(C)(C)c1cccc2c1oc1c(-c3cccc(-c4cncc(-c5cccc(-c6cccc7c6oc6c(C(C)(C)C)cccc67)c5)c4)c3)cccc12. The molecule has 0 saturated heterocycles. The Morgan fingerprint density at radius 2 is 0.712 bits per heavy atom. The number of rotatable bonds is 4. The number of hydrogen-bond acceptors (Lipinski definition) is 3. The van der Waals surface area contributed by atoms with Crippen molar-refractivity contribution in [2.45, 2.75) is 52.4 Å². The molecule has 0 aliphatic rings. The molecule has 0 N–H and O–H groups in total. The number of aromatic nitrogens is 1. The van der Waals surface area contributed by atoms with E-state index in [0.717, 1.165) is 88.4 Å². The third kappa shape index (κ3) is 5.31. The van der Waals surface area contributed by atoms with Crippen LogP contribution in [0.15, 0.2) is 149 Å². The highest BCUT2D eigenvalue weighted by atomic mass is 16.3. The number of hydrogen-bond donors (Lipinski definition) is 0. The Kier molecular flexibility index (Phi) is 7.27. The monoisotopic (exact) mass is 675 g/mol. The molecular weight excluding hydrogens is 635 g/mol. The third-order valence-electron chi connectivity index (χ3n) is 10.4. The molecule has 254 valence electrons. The molecule has 0 bridgehead atoms. The number of pyridine rings is 1. The molecule has 0 saturated carbocycles. The van der Waals surface area contributed by atoms with Crippen LogP contribution in [0.2, 0.25) is 0 Å². The minimum absolute atomic E-state index is 0.0259. The maximum absolute atomic E-state index is 6.71. The largest absolute Gasteiger partial charge is 0.455 e. The lowest BCUT2D eigenvalue weighted by molar-refractivity contribution is 0.572. The van der Waals surface area contributed by atoms with Crippen LogP contribution in [-0.4, -0.2) is 4.98 Å². The van der Waals surface area contributed by atoms with Gasteiger partial charge in [0.1, 0.15) is 22.3 Å². The van der Waals surface area contributed by atoms with Crippen LogP contribution in [0.3, 0.4) is 0 Å². The molecule has 9 rings (SSSR count). The molecule has 0 fully saturated rings. The van der Waals surface area contributed by atoms with E-state index < -0.39 is 0 Å². The van der Waals surface area contributed by atoms with Gasteiger partial charge in [-0.05, 0) is 51.3 Å². The number of fused-ring (bicyclic) bond motifs is 6. The van der Waals surface area contributed by atoms with E-state index >= 15 is 0 Å². The lowest BCUT2D eigenvalue weighted by Crippen LogP contribution is -2.10. The molecule has 0 atom stereocenters. The van der Waals surface area contributed by atoms with Gasteiger partial charge in [-0.1, -0.05) is 151 Å². The second kappa shape index (κ2) is 11.8. The van der Waals surface area contributed by atoms with E-state index in [1.165, 1.54) is 11.1 Å². The number of furan rings is 2. The molecule has 0 unspecified atom stereocenters. The standard InChI is InChI=1S/C49H41NO2/c1-48(2,3)42-23-11-21-40-38-19-9-17-36(44(38)51-46(40)42)32-15-7-13-30(25-32)34-27-35(29-50-28-34)31-14-8-16-33(26-31)37-18-10-20-39-41-22-12-24-43(49(4,5)6)47(41)52-45(37)39/h7-29H,1-6H3. The van der Waals surface area contributed by atoms with Crippen molar-refractivity contribution in [3.63, 3.8) is 0 Å². The van der Waals surface area contributed by atoms with Crippen LogP contribution >= 0.6 is 0 Å². The minimum atomic E-state index is -0.0259. The van der Waals surface area contributed by atoms with Crippen LogP contribution in [0, 0.1) is 0 Å². The van der Waals surface area contributed by atoms with Gasteiger partial charge in [-0.2, -0.15) is 0 Å². The van der Waals surface area contributed by atoms with Crippen molar-refractivity contribution in [3.8, 4) is 44.5 Å². The summed E-state index contributed by atoms with van der Waals surface area (Å²) in [4.78, 5) is 4.73. The molecule has 3 heteroatoms. The van der Waals surface area contributed by atoms with Gasteiger partial charge in [0.15, 0.2) is 0 Å². The van der Waals surface area contributed by atoms with E-state index in [0.29, 0.717) is 0 Å². The zero-order chi connectivity index (χ0) is 35.8. The van der Waals surface area contributed by atoms with Crippen molar-refractivity contribution < 1.29 is 8.83 Å². The van der Waals surface area contributed by atoms with Crippen LogP contribution in [0.5, 0.6) is 0 Å². The molecule has 0 amide bonds. The molecule has 6 aromatic carbocycles. The Balaban J connectivity index is 1.10. The van der Waals surface area contributed by atoms with Gasteiger partial charge in [0.25, 0.3) is 0 Å². The first kappa shape index (κ1) is 32.0. The van der Waals surface area contributed by atoms with Crippen LogP contribution in [-0.2, 0) is 10.8 Å². The normalized spacial score (nSPS) is 12.4. The van der Waals surface area contributed by atoms with Gasteiger partial charge >= 0.3 is 0 Å². The summed E-state index contributed by atoms with van der Waals surface area (Å²) in [5, 5.41) is 4.60. The van der Waals surface area contributed by atoms with Crippen LogP contribution in [0.25, 0.3) is 88.4 Å². The highest BCUT2D eigenvalue weighted by Gasteiger charge is 2.23. The Hall–Kier alpha value is -5.93. The smallest absolute Gasteiger partial charge is 0.143 e. The van der Waals surface area contributed by atoms with Gasteiger partial charge in [-0.25, -0.2) is 0 Å². The average molecular weight is 676 g/mol. The predicted molar refractivity (Wildman–Crippen MR) is 218 cm³/mol. The summed E-state index contributed by atoms with van der Waals surface area (Å²) >= 11 is 0. The average Bonchev–Trinajstić information content (AvgIpc) is 3.73. The second-order valence-corrected chi connectivity index (χ2v) is 16.1. The molecule has 52 heavy (non-hydrogen) atoms. The van der Waals surface area contributed by atoms with Gasteiger partial charge in [-0.3, -0.25) is 4.98 Å². The summed E-state index contributed by atoms with van der Waals surface area (Å²) in [5.41, 5.74) is 14.9. The van der Waals surface area contributed by atoms with Crippen molar-refractivity contribution in [2.24, 2.45) is 0 Å². The topological polar surface area (TPSA) is 39.2 Å². The lowest BCUT2D eigenvalue weighted by Gasteiger charge is -2.18. The predicted octanol–water partition coefficient (Wildman–Crippen LogP) is 14.1. The zero-order valence-corrected chi connectivity index (χ0v) is 30.5. The molecule has 3 heterocycles. The van der Waals surface area contributed by atoms with E-state index in [4.69, 9.17) is 13.8 Å². The molecule has 0 aliphatic heterocycles. The maximum atomic E-state index is 6.71. The lowest BCUT2D eigenvalue weighted by atomic mass is 9.86. The number of nitrogens with zero attached hydrogens (tertiary/aromatic N) is 1. The first-order valence-corrected chi connectivity index (χ1v) is 18.1. The van der Waals surface area contributed by atoms with Crippen LogP contribution < -0.4 is 0 Å². The molecule has 3 nitrogen and oxygen atoms in total. The van der Waals surface area contributed by atoms with E-state index in [9.17, 15) is 0 Å². The van der Waals surface area contributed by atoms with Gasteiger partial charge < -0.3 is 8.83 Å². The molecule has 0 radical (unpaired) electrons. The maximum Gasteiger partial charge on any atom is 0.143 e.